The summed E-state index contributed by atoms with van der Waals surface area (Å²) in [5, 5.41) is 11.3. The zero-order valence-electron chi connectivity index (χ0n) is 12.0. The maximum absolute atomic E-state index is 12.1. The monoisotopic (exact) mass is 278 g/mol. The van der Waals surface area contributed by atoms with Crippen LogP contribution in [0.2, 0.25) is 0 Å². The molecule has 1 aromatic rings. The van der Waals surface area contributed by atoms with Crippen molar-refractivity contribution in [3.05, 3.63) is 35.9 Å². The van der Waals surface area contributed by atoms with Crippen LogP contribution in [0.5, 0.6) is 0 Å². The van der Waals surface area contributed by atoms with Crippen molar-refractivity contribution in [3.8, 4) is 0 Å². The fraction of sp³-hybridized carbons (Fsp3) is 0.467. The number of benzene rings is 1. The summed E-state index contributed by atoms with van der Waals surface area (Å²) >= 11 is 0. The van der Waals surface area contributed by atoms with E-state index in [1.54, 1.807) is 4.90 Å². The molecule has 0 radical (unpaired) electrons. The van der Waals surface area contributed by atoms with Crippen molar-refractivity contribution in [2.45, 2.75) is 39.3 Å². The van der Waals surface area contributed by atoms with Crippen LogP contribution in [-0.4, -0.2) is 34.6 Å². The molecule has 5 nitrogen and oxygen atoms in total. The number of carboxylic acids is 1. The highest BCUT2D eigenvalue weighted by Crippen LogP contribution is 2.08. The van der Waals surface area contributed by atoms with Gasteiger partial charge in [0.1, 0.15) is 0 Å². The molecule has 0 aliphatic heterocycles. The summed E-state index contributed by atoms with van der Waals surface area (Å²) in [7, 11) is 0. The average molecular weight is 278 g/mol. The third kappa shape index (κ3) is 5.73. The summed E-state index contributed by atoms with van der Waals surface area (Å²) in [5.41, 5.74) is 1.07. The second-order valence-electron chi connectivity index (χ2n) is 4.94. The maximum Gasteiger partial charge on any atom is 0.317 e. The largest absolute Gasteiger partial charge is 0.481 e. The van der Waals surface area contributed by atoms with Crippen LogP contribution in [0.1, 0.15) is 32.3 Å². The second kappa shape index (κ2) is 8.19. The SMILES string of the molecule is CC(C)N(Cc1ccccc1)C(=O)NCCCC(=O)O. The van der Waals surface area contributed by atoms with Gasteiger partial charge in [-0.1, -0.05) is 30.3 Å². The average Bonchev–Trinajstić information content (AvgIpc) is 2.41. The minimum absolute atomic E-state index is 0.0701. The Morgan fingerprint density at radius 1 is 1.25 bits per heavy atom. The first kappa shape index (κ1) is 16.0. The zero-order valence-corrected chi connectivity index (χ0v) is 12.0. The molecule has 0 unspecified atom stereocenters. The Morgan fingerprint density at radius 3 is 2.45 bits per heavy atom. The fourth-order valence-corrected chi connectivity index (χ4v) is 1.81. The van der Waals surface area contributed by atoms with Crippen LogP contribution in [-0.2, 0) is 11.3 Å². The van der Waals surface area contributed by atoms with Crippen molar-refractivity contribution in [3.63, 3.8) is 0 Å². The van der Waals surface area contributed by atoms with Gasteiger partial charge in [0.2, 0.25) is 0 Å². The molecular formula is C15H22N2O3. The zero-order chi connectivity index (χ0) is 15.0. The molecule has 0 fully saturated rings. The third-order valence-corrected chi connectivity index (χ3v) is 2.92. The Bertz CT molecular complexity index is 432. The Labute approximate surface area is 119 Å². The van der Waals surface area contributed by atoms with Crippen molar-refractivity contribution < 1.29 is 14.7 Å². The minimum Gasteiger partial charge on any atom is -0.481 e. The molecule has 0 aromatic heterocycles. The van der Waals surface area contributed by atoms with Crippen molar-refractivity contribution in [2.75, 3.05) is 6.54 Å². The number of carbonyl (C=O) groups is 2. The van der Waals surface area contributed by atoms with E-state index < -0.39 is 5.97 Å². The molecule has 0 saturated carbocycles. The maximum atomic E-state index is 12.1. The van der Waals surface area contributed by atoms with Crippen molar-refractivity contribution >= 4 is 12.0 Å². The lowest BCUT2D eigenvalue weighted by molar-refractivity contribution is -0.137. The van der Waals surface area contributed by atoms with E-state index >= 15 is 0 Å². The Morgan fingerprint density at radius 2 is 1.90 bits per heavy atom. The molecule has 20 heavy (non-hydrogen) atoms. The molecule has 5 heteroatoms. The molecule has 0 aliphatic carbocycles. The molecule has 110 valence electrons. The van der Waals surface area contributed by atoms with Gasteiger partial charge in [-0.2, -0.15) is 0 Å². The standard InChI is InChI=1S/C15H22N2O3/c1-12(2)17(11-13-7-4-3-5-8-13)15(20)16-10-6-9-14(18)19/h3-5,7-8,12H,6,9-11H2,1-2H3,(H,16,20)(H,18,19). The molecule has 0 spiro atoms. The molecule has 0 atom stereocenters. The summed E-state index contributed by atoms with van der Waals surface area (Å²) in [5.74, 6) is -0.843. The molecule has 0 aliphatic rings. The van der Waals surface area contributed by atoms with Crippen LogP contribution in [0.15, 0.2) is 30.3 Å². The highest BCUT2D eigenvalue weighted by atomic mass is 16.4. The lowest BCUT2D eigenvalue weighted by atomic mass is 10.2. The van der Waals surface area contributed by atoms with Crippen LogP contribution in [0.4, 0.5) is 4.79 Å². The number of nitrogens with one attached hydrogen (secondary N) is 1. The van der Waals surface area contributed by atoms with Crippen LogP contribution in [0, 0.1) is 0 Å². The number of aliphatic carboxylic acids is 1. The summed E-state index contributed by atoms with van der Waals surface area (Å²) < 4.78 is 0. The molecule has 0 bridgehead atoms. The van der Waals surface area contributed by atoms with E-state index in [1.165, 1.54) is 0 Å². The Hall–Kier alpha value is -2.04. The number of carboxylic acid groups (broad SMARTS) is 1. The van der Waals surface area contributed by atoms with Gasteiger partial charge in [0.05, 0.1) is 0 Å². The quantitative estimate of drug-likeness (QED) is 0.753. The lowest BCUT2D eigenvalue weighted by Crippen LogP contribution is -2.43. The van der Waals surface area contributed by atoms with Gasteiger partial charge in [0, 0.05) is 25.6 Å². The van der Waals surface area contributed by atoms with Crippen LogP contribution in [0.3, 0.4) is 0 Å². The smallest absolute Gasteiger partial charge is 0.317 e. The number of hydrogen-bond acceptors (Lipinski definition) is 2. The van der Waals surface area contributed by atoms with E-state index in [0.29, 0.717) is 19.5 Å². The van der Waals surface area contributed by atoms with Gasteiger partial charge >= 0.3 is 12.0 Å². The van der Waals surface area contributed by atoms with Gasteiger partial charge in [0.15, 0.2) is 0 Å². The Kier molecular flexibility index (Phi) is 6.56. The Balaban J connectivity index is 2.49. The normalized spacial score (nSPS) is 10.3. The predicted molar refractivity (Wildman–Crippen MR) is 77.4 cm³/mol. The number of hydrogen-bond donors (Lipinski definition) is 2. The minimum atomic E-state index is -0.843. The molecule has 1 rings (SSSR count). The van der Waals surface area contributed by atoms with Gasteiger partial charge in [0.25, 0.3) is 0 Å². The predicted octanol–water partition coefficient (Wildman–Crippen LogP) is 2.47. The molecule has 2 N–H and O–H groups in total. The van der Waals surface area contributed by atoms with E-state index in [4.69, 9.17) is 5.11 Å². The van der Waals surface area contributed by atoms with E-state index in [1.807, 2.05) is 44.2 Å². The van der Waals surface area contributed by atoms with Gasteiger partial charge in [-0.15, -0.1) is 0 Å². The van der Waals surface area contributed by atoms with Crippen LogP contribution >= 0.6 is 0 Å². The van der Waals surface area contributed by atoms with Crippen molar-refractivity contribution in [2.24, 2.45) is 0 Å². The highest BCUT2D eigenvalue weighted by molar-refractivity contribution is 5.74. The first-order chi connectivity index (χ1) is 9.50. The van der Waals surface area contributed by atoms with E-state index in [2.05, 4.69) is 5.32 Å². The van der Waals surface area contributed by atoms with Gasteiger partial charge < -0.3 is 15.3 Å². The van der Waals surface area contributed by atoms with Crippen molar-refractivity contribution in [1.29, 1.82) is 0 Å². The number of rotatable bonds is 7. The lowest BCUT2D eigenvalue weighted by Gasteiger charge is -2.27. The number of amides is 2. The van der Waals surface area contributed by atoms with E-state index in [0.717, 1.165) is 5.56 Å². The van der Waals surface area contributed by atoms with E-state index in [9.17, 15) is 9.59 Å². The topological polar surface area (TPSA) is 69.6 Å². The molecule has 1 aromatic carbocycles. The molecular weight excluding hydrogens is 256 g/mol. The molecule has 2 amide bonds. The van der Waals surface area contributed by atoms with Gasteiger partial charge in [-0.25, -0.2) is 4.79 Å². The van der Waals surface area contributed by atoms with Gasteiger partial charge in [-0.3, -0.25) is 4.79 Å². The highest BCUT2D eigenvalue weighted by Gasteiger charge is 2.16. The van der Waals surface area contributed by atoms with Crippen molar-refractivity contribution in [1.82, 2.24) is 10.2 Å². The first-order valence-corrected chi connectivity index (χ1v) is 6.81. The second-order valence-corrected chi connectivity index (χ2v) is 4.94. The number of nitrogens with zero attached hydrogens (tertiary/aromatic N) is 1. The molecule has 0 saturated heterocycles. The fourth-order valence-electron chi connectivity index (χ4n) is 1.81. The summed E-state index contributed by atoms with van der Waals surface area (Å²) in [4.78, 5) is 24.2. The van der Waals surface area contributed by atoms with Gasteiger partial charge in [-0.05, 0) is 25.8 Å². The summed E-state index contributed by atoms with van der Waals surface area (Å²) in [6, 6.07) is 9.70. The number of carbonyl (C=O) groups excluding carboxylic acids is 1. The van der Waals surface area contributed by atoms with E-state index in [-0.39, 0.29) is 18.5 Å². The third-order valence-electron chi connectivity index (χ3n) is 2.92. The summed E-state index contributed by atoms with van der Waals surface area (Å²) in [6.45, 7) is 4.84. The van der Waals surface area contributed by atoms with Crippen LogP contribution < -0.4 is 5.32 Å². The first-order valence-electron chi connectivity index (χ1n) is 6.81. The number of urea groups is 1. The summed E-state index contributed by atoms with van der Waals surface area (Å²) in [6.07, 6.45) is 0.513. The molecule has 0 heterocycles. The van der Waals surface area contributed by atoms with Crippen LogP contribution in [0.25, 0.3) is 0 Å².